The number of nitro groups is 1. The molecule has 2 aromatic carbocycles. The van der Waals surface area contributed by atoms with Gasteiger partial charge in [-0.25, -0.2) is 4.39 Å². The van der Waals surface area contributed by atoms with Crippen molar-refractivity contribution in [1.82, 2.24) is 0 Å². The van der Waals surface area contributed by atoms with Gasteiger partial charge in [-0.15, -0.1) is 0 Å². The van der Waals surface area contributed by atoms with E-state index in [9.17, 15) is 14.5 Å². The number of hydrogen-bond acceptors (Lipinski definition) is 2. The van der Waals surface area contributed by atoms with Crippen LogP contribution in [0.5, 0.6) is 0 Å². The summed E-state index contributed by atoms with van der Waals surface area (Å²) < 4.78 is 13.6. The smallest absolute Gasteiger partial charge is 0.258 e. The van der Waals surface area contributed by atoms with E-state index in [0.717, 1.165) is 6.07 Å². The van der Waals surface area contributed by atoms with E-state index < -0.39 is 10.7 Å². The number of nitrogens with zero attached hydrogens (tertiary/aromatic N) is 1. The number of halogens is 1. The van der Waals surface area contributed by atoms with Crippen molar-refractivity contribution in [2.75, 3.05) is 0 Å². The third-order valence-corrected chi connectivity index (χ3v) is 2.25. The van der Waals surface area contributed by atoms with Crippen molar-refractivity contribution >= 4 is 5.69 Å². The SMILES string of the molecule is O=[N+]([O-])c1ccc(-c2ccccc2)c(F)c1. The summed E-state index contributed by atoms with van der Waals surface area (Å²) in [6, 6.07) is 12.6. The van der Waals surface area contributed by atoms with Crippen LogP contribution in [0.4, 0.5) is 10.1 Å². The number of non-ortho nitro benzene ring substituents is 1. The van der Waals surface area contributed by atoms with E-state index in [2.05, 4.69) is 0 Å². The molecule has 2 aromatic rings. The molecule has 0 N–H and O–H groups in total. The predicted octanol–water partition coefficient (Wildman–Crippen LogP) is 3.40. The minimum absolute atomic E-state index is 0.239. The monoisotopic (exact) mass is 217 g/mol. The van der Waals surface area contributed by atoms with E-state index in [4.69, 9.17) is 0 Å². The van der Waals surface area contributed by atoms with E-state index in [1.165, 1.54) is 12.1 Å². The first-order valence-electron chi connectivity index (χ1n) is 4.68. The largest absolute Gasteiger partial charge is 0.272 e. The second-order valence-corrected chi connectivity index (χ2v) is 3.29. The predicted molar refractivity (Wildman–Crippen MR) is 58.5 cm³/mol. The molecule has 0 bridgehead atoms. The highest BCUT2D eigenvalue weighted by Gasteiger charge is 2.11. The molecule has 0 atom stereocenters. The van der Waals surface area contributed by atoms with Gasteiger partial charge in [-0.05, 0) is 11.6 Å². The molecule has 0 aromatic heterocycles. The van der Waals surface area contributed by atoms with Gasteiger partial charge in [-0.3, -0.25) is 10.1 Å². The summed E-state index contributed by atoms with van der Waals surface area (Å²) in [7, 11) is 0. The normalized spacial score (nSPS) is 10.1. The topological polar surface area (TPSA) is 43.1 Å². The minimum Gasteiger partial charge on any atom is -0.258 e. The summed E-state index contributed by atoms with van der Waals surface area (Å²) in [5.41, 5.74) is 0.832. The van der Waals surface area contributed by atoms with Crippen LogP contribution < -0.4 is 0 Å². The number of nitro benzene ring substituents is 1. The Morgan fingerprint density at radius 1 is 1.06 bits per heavy atom. The lowest BCUT2D eigenvalue weighted by atomic mass is 10.1. The summed E-state index contributed by atoms with van der Waals surface area (Å²) in [6.45, 7) is 0. The fraction of sp³-hybridized carbons (Fsp3) is 0. The minimum atomic E-state index is -0.613. The van der Waals surface area contributed by atoms with E-state index in [1.54, 1.807) is 24.3 Å². The van der Waals surface area contributed by atoms with Crippen LogP contribution in [-0.4, -0.2) is 4.92 Å². The molecule has 2 rings (SSSR count). The van der Waals surface area contributed by atoms with E-state index >= 15 is 0 Å². The van der Waals surface area contributed by atoms with Gasteiger partial charge in [0.15, 0.2) is 0 Å². The molecule has 16 heavy (non-hydrogen) atoms. The lowest BCUT2D eigenvalue weighted by Gasteiger charge is -2.02. The van der Waals surface area contributed by atoms with Gasteiger partial charge in [0.1, 0.15) is 5.82 Å². The summed E-state index contributed by atoms with van der Waals surface area (Å²) in [5.74, 6) is -0.583. The average Bonchev–Trinajstić information content (AvgIpc) is 2.30. The molecule has 0 amide bonds. The second kappa shape index (κ2) is 4.10. The quantitative estimate of drug-likeness (QED) is 0.571. The standard InChI is InChI=1S/C12H8FNO2/c13-12-8-10(14(15)16)6-7-11(12)9-4-2-1-3-5-9/h1-8H. The number of benzene rings is 2. The van der Waals surface area contributed by atoms with Crippen molar-refractivity contribution < 1.29 is 9.31 Å². The average molecular weight is 217 g/mol. The molecule has 0 fully saturated rings. The third kappa shape index (κ3) is 1.91. The molecule has 0 heterocycles. The van der Waals surface area contributed by atoms with Crippen molar-refractivity contribution in [3.05, 3.63) is 64.5 Å². The van der Waals surface area contributed by atoms with Gasteiger partial charge < -0.3 is 0 Å². The summed E-state index contributed by atoms with van der Waals surface area (Å²) in [6.07, 6.45) is 0. The zero-order valence-electron chi connectivity index (χ0n) is 8.26. The maximum Gasteiger partial charge on any atom is 0.272 e. The molecule has 0 aliphatic carbocycles. The molecule has 0 radical (unpaired) electrons. The Balaban J connectivity index is 2.48. The Morgan fingerprint density at radius 3 is 2.31 bits per heavy atom. The molecule has 0 unspecified atom stereocenters. The first-order valence-corrected chi connectivity index (χ1v) is 4.68. The fourth-order valence-electron chi connectivity index (χ4n) is 1.47. The van der Waals surface area contributed by atoms with Gasteiger partial charge in [-0.1, -0.05) is 30.3 Å². The molecule has 0 saturated heterocycles. The molecule has 0 aliphatic heterocycles. The van der Waals surface area contributed by atoms with Crippen LogP contribution in [0.3, 0.4) is 0 Å². The van der Waals surface area contributed by atoms with Gasteiger partial charge in [0.2, 0.25) is 0 Å². The molecule has 3 nitrogen and oxygen atoms in total. The zero-order valence-corrected chi connectivity index (χ0v) is 8.26. The van der Waals surface area contributed by atoms with Crippen LogP contribution in [0.1, 0.15) is 0 Å². The Morgan fingerprint density at radius 2 is 1.75 bits per heavy atom. The highest BCUT2D eigenvalue weighted by atomic mass is 19.1. The Bertz CT molecular complexity index is 526. The third-order valence-electron chi connectivity index (χ3n) is 2.25. The van der Waals surface area contributed by atoms with Crippen LogP contribution >= 0.6 is 0 Å². The summed E-state index contributed by atoms with van der Waals surface area (Å²) >= 11 is 0. The first kappa shape index (κ1) is 10.3. The molecule has 0 saturated carbocycles. The number of rotatable bonds is 2. The van der Waals surface area contributed by atoms with E-state index in [1.807, 2.05) is 6.07 Å². The van der Waals surface area contributed by atoms with Gasteiger partial charge in [0, 0.05) is 11.6 Å². The maximum atomic E-state index is 13.6. The molecule has 4 heteroatoms. The maximum absolute atomic E-state index is 13.6. The summed E-state index contributed by atoms with van der Waals surface area (Å²) in [5, 5.41) is 10.4. The lowest BCUT2D eigenvalue weighted by molar-refractivity contribution is -0.385. The Labute approximate surface area is 91.3 Å². The first-order chi connectivity index (χ1) is 7.68. The van der Waals surface area contributed by atoms with Gasteiger partial charge in [0.25, 0.3) is 5.69 Å². The van der Waals surface area contributed by atoms with Crippen molar-refractivity contribution in [2.45, 2.75) is 0 Å². The Kier molecular flexibility index (Phi) is 2.64. The molecule has 0 aliphatic rings. The van der Waals surface area contributed by atoms with E-state index in [0.29, 0.717) is 11.1 Å². The zero-order chi connectivity index (χ0) is 11.5. The van der Waals surface area contributed by atoms with Gasteiger partial charge >= 0.3 is 0 Å². The van der Waals surface area contributed by atoms with E-state index in [-0.39, 0.29) is 5.69 Å². The van der Waals surface area contributed by atoms with Crippen molar-refractivity contribution in [1.29, 1.82) is 0 Å². The molecule has 0 spiro atoms. The second-order valence-electron chi connectivity index (χ2n) is 3.29. The Hall–Kier alpha value is -2.23. The highest BCUT2D eigenvalue weighted by Crippen LogP contribution is 2.25. The van der Waals surface area contributed by atoms with Crippen LogP contribution in [0.15, 0.2) is 48.5 Å². The van der Waals surface area contributed by atoms with Crippen molar-refractivity contribution in [3.8, 4) is 11.1 Å². The van der Waals surface area contributed by atoms with Crippen molar-refractivity contribution in [2.24, 2.45) is 0 Å². The van der Waals surface area contributed by atoms with Crippen LogP contribution in [0.2, 0.25) is 0 Å². The molecular weight excluding hydrogens is 209 g/mol. The molecular formula is C12H8FNO2. The lowest BCUT2D eigenvalue weighted by Crippen LogP contribution is -1.90. The number of hydrogen-bond donors (Lipinski definition) is 0. The van der Waals surface area contributed by atoms with Gasteiger partial charge in [-0.2, -0.15) is 0 Å². The molecule has 80 valence electrons. The van der Waals surface area contributed by atoms with Crippen LogP contribution in [0.25, 0.3) is 11.1 Å². The van der Waals surface area contributed by atoms with Crippen LogP contribution in [0, 0.1) is 15.9 Å². The van der Waals surface area contributed by atoms with Gasteiger partial charge in [0.05, 0.1) is 11.0 Å². The summed E-state index contributed by atoms with van der Waals surface area (Å²) in [4.78, 5) is 9.83. The van der Waals surface area contributed by atoms with Crippen molar-refractivity contribution in [3.63, 3.8) is 0 Å². The fourth-order valence-corrected chi connectivity index (χ4v) is 1.47. The highest BCUT2D eigenvalue weighted by molar-refractivity contribution is 5.65. The van der Waals surface area contributed by atoms with Crippen LogP contribution in [-0.2, 0) is 0 Å².